The molecule has 1 N–H and O–H groups in total. The van der Waals surface area contributed by atoms with Crippen molar-refractivity contribution in [3.8, 4) is 0 Å². The van der Waals surface area contributed by atoms with E-state index in [-0.39, 0.29) is 0 Å². The Kier molecular flexibility index (Phi) is 4.45. The van der Waals surface area contributed by atoms with Crippen molar-refractivity contribution in [2.45, 2.75) is 52.5 Å². The highest BCUT2D eigenvalue weighted by Gasteiger charge is 2.30. The van der Waals surface area contributed by atoms with E-state index in [1.54, 1.807) is 0 Å². The van der Waals surface area contributed by atoms with Crippen LogP contribution in [-0.2, 0) is 0 Å². The molecule has 3 atom stereocenters. The lowest BCUT2D eigenvalue weighted by Gasteiger charge is -2.25. The van der Waals surface area contributed by atoms with Gasteiger partial charge in [0.15, 0.2) is 0 Å². The highest BCUT2D eigenvalue weighted by molar-refractivity contribution is 5.33. The van der Waals surface area contributed by atoms with Crippen molar-refractivity contribution in [1.29, 1.82) is 0 Å². The summed E-state index contributed by atoms with van der Waals surface area (Å²) >= 11 is 0. The van der Waals surface area contributed by atoms with Crippen molar-refractivity contribution in [3.63, 3.8) is 0 Å². The minimum Gasteiger partial charge on any atom is -0.313 e. The minimum absolute atomic E-state index is 0.544. The molecule has 1 aromatic rings. The highest BCUT2D eigenvalue weighted by atomic mass is 14.9. The Labute approximate surface area is 112 Å². The van der Waals surface area contributed by atoms with Crippen molar-refractivity contribution in [2.75, 3.05) is 7.05 Å². The van der Waals surface area contributed by atoms with E-state index >= 15 is 0 Å². The molecule has 18 heavy (non-hydrogen) atoms. The summed E-state index contributed by atoms with van der Waals surface area (Å²) in [6, 6.07) is 7.43. The third-order valence-electron chi connectivity index (χ3n) is 4.70. The van der Waals surface area contributed by atoms with Gasteiger partial charge < -0.3 is 5.32 Å². The van der Waals surface area contributed by atoms with Crippen molar-refractivity contribution < 1.29 is 0 Å². The molecule has 0 heterocycles. The largest absolute Gasteiger partial charge is 0.313 e. The second kappa shape index (κ2) is 5.88. The molecule has 1 fully saturated rings. The maximum Gasteiger partial charge on any atom is 0.0348 e. The average molecular weight is 245 g/mol. The predicted molar refractivity (Wildman–Crippen MR) is 78.8 cm³/mol. The van der Waals surface area contributed by atoms with E-state index in [1.165, 1.54) is 42.4 Å². The standard InChI is InChI=1S/C17H27N/c1-5-14-7-8-15(11-14)17(18-4)16-9-6-12(2)10-13(16)3/h6,9-10,14-15,17-18H,5,7-8,11H2,1-4H3. The molecule has 1 aliphatic carbocycles. The number of hydrogen-bond donors (Lipinski definition) is 1. The zero-order chi connectivity index (χ0) is 13.1. The van der Waals surface area contributed by atoms with Crippen molar-refractivity contribution in [3.05, 3.63) is 34.9 Å². The lowest BCUT2D eigenvalue weighted by molar-refractivity contribution is 0.371. The Bertz CT molecular complexity index is 397. The summed E-state index contributed by atoms with van der Waals surface area (Å²) in [4.78, 5) is 0. The van der Waals surface area contributed by atoms with E-state index in [0.29, 0.717) is 6.04 Å². The number of benzene rings is 1. The topological polar surface area (TPSA) is 12.0 Å². The van der Waals surface area contributed by atoms with Crippen LogP contribution in [0.4, 0.5) is 0 Å². The summed E-state index contributed by atoms with van der Waals surface area (Å²) < 4.78 is 0. The predicted octanol–water partition coefficient (Wildman–Crippen LogP) is 4.39. The fourth-order valence-electron chi connectivity index (χ4n) is 3.61. The van der Waals surface area contributed by atoms with Crippen LogP contribution in [0.3, 0.4) is 0 Å². The zero-order valence-electron chi connectivity index (χ0n) is 12.3. The van der Waals surface area contributed by atoms with Crippen LogP contribution < -0.4 is 5.32 Å². The van der Waals surface area contributed by atoms with Gasteiger partial charge in [0.05, 0.1) is 0 Å². The van der Waals surface area contributed by atoms with Crippen LogP contribution in [-0.4, -0.2) is 7.05 Å². The van der Waals surface area contributed by atoms with E-state index in [0.717, 1.165) is 11.8 Å². The fourth-order valence-corrected chi connectivity index (χ4v) is 3.61. The van der Waals surface area contributed by atoms with Gasteiger partial charge in [-0.3, -0.25) is 0 Å². The molecule has 100 valence electrons. The first-order valence-electron chi connectivity index (χ1n) is 7.40. The molecule has 0 bridgehead atoms. The number of nitrogens with one attached hydrogen (secondary N) is 1. The molecule has 1 saturated carbocycles. The van der Waals surface area contributed by atoms with Crippen molar-refractivity contribution >= 4 is 0 Å². The molecule has 1 heteroatoms. The molecule has 0 saturated heterocycles. The first-order valence-corrected chi connectivity index (χ1v) is 7.40. The van der Waals surface area contributed by atoms with E-state index in [1.807, 2.05) is 0 Å². The third-order valence-corrected chi connectivity index (χ3v) is 4.70. The molecule has 0 radical (unpaired) electrons. The van der Waals surface area contributed by atoms with Gasteiger partial charge in [-0.1, -0.05) is 43.5 Å². The Morgan fingerprint density at radius 2 is 2.06 bits per heavy atom. The summed E-state index contributed by atoms with van der Waals surface area (Å²) in [6.45, 7) is 6.76. The maximum atomic E-state index is 3.57. The summed E-state index contributed by atoms with van der Waals surface area (Å²) in [6.07, 6.45) is 5.55. The van der Waals surface area contributed by atoms with Crippen LogP contribution in [0, 0.1) is 25.7 Å². The molecule has 1 nitrogen and oxygen atoms in total. The number of aryl methyl sites for hydroxylation is 2. The molecular weight excluding hydrogens is 218 g/mol. The molecule has 0 spiro atoms. The zero-order valence-corrected chi connectivity index (χ0v) is 12.3. The van der Waals surface area contributed by atoms with Crippen molar-refractivity contribution in [1.82, 2.24) is 5.32 Å². The van der Waals surface area contributed by atoms with Gasteiger partial charge in [0, 0.05) is 6.04 Å². The van der Waals surface area contributed by atoms with Crippen LogP contribution in [0.1, 0.15) is 55.3 Å². The van der Waals surface area contributed by atoms with E-state index in [4.69, 9.17) is 0 Å². The molecule has 1 aromatic carbocycles. The van der Waals surface area contributed by atoms with Crippen LogP contribution in [0.25, 0.3) is 0 Å². The van der Waals surface area contributed by atoms with Gasteiger partial charge in [0.2, 0.25) is 0 Å². The first kappa shape index (κ1) is 13.6. The summed E-state index contributed by atoms with van der Waals surface area (Å²) in [5.41, 5.74) is 4.31. The van der Waals surface area contributed by atoms with E-state index < -0.39 is 0 Å². The molecular formula is C17H27N. The SMILES string of the molecule is CCC1CCC(C(NC)c2ccc(C)cc2C)C1. The molecule has 0 aromatic heterocycles. The Balaban J connectivity index is 2.18. The van der Waals surface area contributed by atoms with Gasteiger partial charge in [0.25, 0.3) is 0 Å². The first-order chi connectivity index (χ1) is 8.65. The van der Waals surface area contributed by atoms with Gasteiger partial charge in [-0.2, -0.15) is 0 Å². The van der Waals surface area contributed by atoms with Gasteiger partial charge >= 0.3 is 0 Å². The normalized spacial score (nSPS) is 25.3. The molecule has 0 aliphatic heterocycles. The molecule has 1 aliphatic rings. The van der Waals surface area contributed by atoms with Gasteiger partial charge in [0.1, 0.15) is 0 Å². The Morgan fingerprint density at radius 3 is 2.61 bits per heavy atom. The lowest BCUT2D eigenvalue weighted by Crippen LogP contribution is -2.24. The quantitative estimate of drug-likeness (QED) is 0.829. The van der Waals surface area contributed by atoms with Gasteiger partial charge in [-0.15, -0.1) is 0 Å². The summed E-state index contributed by atoms with van der Waals surface area (Å²) in [5, 5.41) is 3.57. The molecule has 2 rings (SSSR count). The summed E-state index contributed by atoms with van der Waals surface area (Å²) in [7, 11) is 2.11. The maximum absolute atomic E-state index is 3.57. The Hall–Kier alpha value is -0.820. The number of rotatable bonds is 4. The second-order valence-corrected chi connectivity index (χ2v) is 5.97. The van der Waals surface area contributed by atoms with Crippen LogP contribution in [0.15, 0.2) is 18.2 Å². The van der Waals surface area contributed by atoms with Crippen LogP contribution in [0.5, 0.6) is 0 Å². The molecule has 0 amide bonds. The Morgan fingerprint density at radius 1 is 1.28 bits per heavy atom. The summed E-state index contributed by atoms with van der Waals surface area (Å²) in [5.74, 6) is 1.78. The average Bonchev–Trinajstić information content (AvgIpc) is 2.81. The highest BCUT2D eigenvalue weighted by Crippen LogP contribution is 2.40. The van der Waals surface area contributed by atoms with E-state index in [9.17, 15) is 0 Å². The van der Waals surface area contributed by atoms with Crippen molar-refractivity contribution in [2.24, 2.45) is 11.8 Å². The number of hydrogen-bond acceptors (Lipinski definition) is 1. The fraction of sp³-hybridized carbons (Fsp3) is 0.647. The molecule has 3 unspecified atom stereocenters. The minimum atomic E-state index is 0.544. The van der Waals surface area contributed by atoms with Crippen LogP contribution in [0.2, 0.25) is 0 Å². The van der Waals surface area contributed by atoms with Gasteiger partial charge in [-0.25, -0.2) is 0 Å². The lowest BCUT2D eigenvalue weighted by atomic mass is 9.88. The second-order valence-electron chi connectivity index (χ2n) is 5.97. The monoisotopic (exact) mass is 245 g/mol. The van der Waals surface area contributed by atoms with Crippen LogP contribution >= 0.6 is 0 Å². The smallest absolute Gasteiger partial charge is 0.0348 e. The third kappa shape index (κ3) is 2.77. The van der Waals surface area contributed by atoms with Gasteiger partial charge in [-0.05, 0) is 56.7 Å². The van der Waals surface area contributed by atoms with E-state index in [2.05, 4.69) is 51.3 Å².